The molecule has 6 heteroatoms. The molecule has 0 radical (unpaired) electrons. The lowest BCUT2D eigenvalue weighted by Crippen LogP contribution is -2.14. The van der Waals surface area contributed by atoms with Crippen LogP contribution in [0.4, 0.5) is 5.13 Å². The summed E-state index contributed by atoms with van der Waals surface area (Å²) in [6.07, 6.45) is 0.974. The molecule has 1 aromatic heterocycles. The van der Waals surface area contributed by atoms with E-state index in [9.17, 15) is 4.79 Å². The van der Waals surface area contributed by atoms with Gasteiger partial charge in [0.2, 0.25) is 5.13 Å². The molecule has 2 aromatic rings. The Kier molecular flexibility index (Phi) is 4.55. The van der Waals surface area contributed by atoms with E-state index < -0.39 is 0 Å². The lowest BCUT2D eigenvalue weighted by atomic mass is 9.91. The number of benzene rings is 1. The average molecular weight is 354 g/mol. The molecule has 0 saturated carbocycles. The summed E-state index contributed by atoms with van der Waals surface area (Å²) in [5.74, 6) is -0.172. The Hall–Kier alpha value is -1.27. The van der Waals surface area contributed by atoms with Crippen LogP contribution in [0.5, 0.6) is 0 Å². The molecule has 0 atom stereocenters. The van der Waals surface area contributed by atoms with Crippen LogP contribution < -0.4 is 5.32 Å². The highest BCUT2D eigenvalue weighted by Crippen LogP contribution is 2.31. The Morgan fingerprint density at radius 1 is 1.30 bits per heavy atom. The highest BCUT2D eigenvalue weighted by molar-refractivity contribution is 9.10. The Balaban J connectivity index is 2.11. The van der Waals surface area contributed by atoms with Crippen LogP contribution in [-0.4, -0.2) is 16.1 Å². The van der Waals surface area contributed by atoms with Crippen LogP contribution in [0, 0.1) is 0 Å². The van der Waals surface area contributed by atoms with E-state index in [0.717, 1.165) is 15.9 Å². The molecule has 1 heterocycles. The number of carbonyl (C=O) groups is 1. The third kappa shape index (κ3) is 3.43. The minimum absolute atomic E-state index is 0.0156. The van der Waals surface area contributed by atoms with E-state index in [1.807, 2.05) is 12.1 Å². The average Bonchev–Trinajstić information content (AvgIpc) is 2.88. The summed E-state index contributed by atoms with van der Waals surface area (Å²) in [6.45, 7) is 6.35. The molecule has 2 rings (SSSR count). The number of nitrogens with one attached hydrogen (secondary N) is 1. The van der Waals surface area contributed by atoms with Crippen LogP contribution in [0.1, 0.15) is 42.6 Å². The molecule has 0 fully saturated rings. The van der Waals surface area contributed by atoms with Gasteiger partial charge in [-0.25, -0.2) is 0 Å². The first kappa shape index (κ1) is 15.1. The van der Waals surface area contributed by atoms with Gasteiger partial charge in [0.1, 0.15) is 5.01 Å². The van der Waals surface area contributed by atoms with Crippen molar-refractivity contribution in [2.75, 3.05) is 5.32 Å². The molecule has 1 N–H and O–H groups in total. The smallest absolute Gasteiger partial charge is 0.257 e. The molecule has 0 aliphatic heterocycles. The van der Waals surface area contributed by atoms with E-state index in [1.54, 1.807) is 12.1 Å². The second-order valence-corrected chi connectivity index (χ2v) is 7.00. The van der Waals surface area contributed by atoms with Crippen molar-refractivity contribution in [3.05, 3.63) is 39.3 Å². The fourth-order valence-corrected chi connectivity index (χ4v) is 2.64. The highest BCUT2D eigenvalue weighted by Gasteiger charge is 2.23. The van der Waals surface area contributed by atoms with Crippen molar-refractivity contribution in [2.24, 2.45) is 0 Å². The van der Waals surface area contributed by atoms with Gasteiger partial charge in [-0.15, -0.1) is 10.2 Å². The van der Waals surface area contributed by atoms with Gasteiger partial charge in [-0.3, -0.25) is 10.1 Å². The molecule has 106 valence electrons. The second kappa shape index (κ2) is 6.01. The molecule has 20 heavy (non-hydrogen) atoms. The summed E-state index contributed by atoms with van der Waals surface area (Å²) in [5, 5.41) is 12.5. The molecule has 0 aliphatic carbocycles. The van der Waals surface area contributed by atoms with Gasteiger partial charge >= 0.3 is 0 Å². The summed E-state index contributed by atoms with van der Waals surface area (Å²) in [4.78, 5) is 12.1. The van der Waals surface area contributed by atoms with Crippen LogP contribution in [-0.2, 0) is 5.41 Å². The van der Waals surface area contributed by atoms with Crippen LogP contribution >= 0.6 is 27.3 Å². The van der Waals surface area contributed by atoms with Crippen molar-refractivity contribution in [3.8, 4) is 0 Å². The summed E-state index contributed by atoms with van der Waals surface area (Å²) in [5.41, 5.74) is 0.581. The van der Waals surface area contributed by atoms with Gasteiger partial charge < -0.3 is 0 Å². The van der Waals surface area contributed by atoms with Crippen molar-refractivity contribution < 1.29 is 4.79 Å². The van der Waals surface area contributed by atoms with Crippen LogP contribution in [0.25, 0.3) is 0 Å². The van der Waals surface area contributed by atoms with E-state index in [-0.39, 0.29) is 11.3 Å². The topological polar surface area (TPSA) is 54.9 Å². The third-order valence-corrected chi connectivity index (χ3v) is 4.95. The molecule has 0 unspecified atom stereocenters. The molecule has 4 nitrogen and oxygen atoms in total. The Bertz CT molecular complexity index is 607. The molecule has 0 aliphatic rings. The van der Waals surface area contributed by atoms with Crippen LogP contribution in [0.15, 0.2) is 28.7 Å². The maximum Gasteiger partial charge on any atom is 0.257 e. The zero-order chi connectivity index (χ0) is 14.8. The number of halogens is 1. The normalized spacial score (nSPS) is 11.4. The zero-order valence-electron chi connectivity index (χ0n) is 11.6. The largest absolute Gasteiger partial charge is 0.296 e. The molecule has 1 aromatic carbocycles. The molecule has 1 amide bonds. The van der Waals surface area contributed by atoms with Gasteiger partial charge in [-0.05, 0) is 30.7 Å². The van der Waals surface area contributed by atoms with Crippen molar-refractivity contribution in [1.82, 2.24) is 10.2 Å². The van der Waals surface area contributed by atoms with E-state index in [4.69, 9.17) is 0 Å². The predicted octanol–water partition coefficient (Wildman–Crippen LogP) is 4.24. The lowest BCUT2D eigenvalue weighted by molar-refractivity contribution is 0.102. The SMILES string of the molecule is CCC(C)(C)c1nnc(NC(=O)c2ccc(Br)cc2)s1. The molecular weight excluding hydrogens is 338 g/mol. The third-order valence-electron chi connectivity index (χ3n) is 3.21. The van der Waals surface area contributed by atoms with Gasteiger partial charge in [-0.1, -0.05) is 48.0 Å². The summed E-state index contributed by atoms with van der Waals surface area (Å²) in [7, 11) is 0. The number of carbonyl (C=O) groups excluding carboxylic acids is 1. The number of amides is 1. The number of hydrogen-bond acceptors (Lipinski definition) is 4. The lowest BCUT2D eigenvalue weighted by Gasteiger charge is -2.17. The van der Waals surface area contributed by atoms with E-state index >= 15 is 0 Å². The van der Waals surface area contributed by atoms with Gasteiger partial charge in [0.15, 0.2) is 0 Å². The molecule has 0 bridgehead atoms. The summed E-state index contributed by atoms with van der Waals surface area (Å²) >= 11 is 4.77. The van der Waals surface area contributed by atoms with Crippen LogP contribution in [0.2, 0.25) is 0 Å². The quantitative estimate of drug-likeness (QED) is 0.894. The van der Waals surface area contributed by atoms with E-state index in [0.29, 0.717) is 10.7 Å². The second-order valence-electron chi connectivity index (χ2n) is 5.11. The van der Waals surface area contributed by atoms with Crippen molar-refractivity contribution in [2.45, 2.75) is 32.6 Å². The minimum atomic E-state index is -0.172. The molecule has 0 saturated heterocycles. The van der Waals surface area contributed by atoms with Gasteiger partial charge in [0, 0.05) is 15.5 Å². The zero-order valence-corrected chi connectivity index (χ0v) is 14.0. The van der Waals surface area contributed by atoms with E-state index in [1.165, 1.54) is 11.3 Å². The first-order chi connectivity index (χ1) is 9.42. The van der Waals surface area contributed by atoms with Gasteiger partial charge in [0.25, 0.3) is 5.91 Å². The first-order valence-electron chi connectivity index (χ1n) is 6.33. The number of anilines is 1. The Morgan fingerprint density at radius 2 is 1.95 bits per heavy atom. The summed E-state index contributed by atoms with van der Waals surface area (Å²) < 4.78 is 0.942. The van der Waals surface area contributed by atoms with Crippen molar-refractivity contribution >= 4 is 38.3 Å². The number of nitrogens with zero attached hydrogens (tertiary/aromatic N) is 2. The number of rotatable bonds is 4. The number of aromatic nitrogens is 2. The van der Waals surface area contributed by atoms with Gasteiger partial charge in [-0.2, -0.15) is 0 Å². The Morgan fingerprint density at radius 3 is 2.55 bits per heavy atom. The van der Waals surface area contributed by atoms with Gasteiger partial charge in [0.05, 0.1) is 0 Å². The number of hydrogen-bond donors (Lipinski definition) is 1. The molecular formula is C14H16BrN3OS. The first-order valence-corrected chi connectivity index (χ1v) is 7.94. The predicted molar refractivity (Wildman–Crippen MR) is 85.3 cm³/mol. The monoisotopic (exact) mass is 353 g/mol. The highest BCUT2D eigenvalue weighted by atomic mass is 79.9. The van der Waals surface area contributed by atoms with Crippen molar-refractivity contribution in [3.63, 3.8) is 0 Å². The fourth-order valence-electron chi connectivity index (χ4n) is 1.47. The molecule has 0 spiro atoms. The fraction of sp³-hybridized carbons (Fsp3) is 0.357. The maximum atomic E-state index is 12.1. The minimum Gasteiger partial charge on any atom is -0.296 e. The standard InChI is InChI=1S/C14H16BrN3OS/c1-4-14(2,3)12-17-18-13(20-12)16-11(19)9-5-7-10(15)8-6-9/h5-8H,4H2,1-3H3,(H,16,18,19). The van der Waals surface area contributed by atoms with Crippen LogP contribution in [0.3, 0.4) is 0 Å². The van der Waals surface area contributed by atoms with E-state index in [2.05, 4.69) is 52.2 Å². The summed E-state index contributed by atoms with van der Waals surface area (Å²) in [6, 6.07) is 7.19. The maximum absolute atomic E-state index is 12.1. The van der Waals surface area contributed by atoms with Crippen molar-refractivity contribution in [1.29, 1.82) is 0 Å². The Labute approximate surface area is 130 Å².